The third kappa shape index (κ3) is 11.5. The van der Waals surface area contributed by atoms with E-state index in [0.717, 1.165) is 19.3 Å². The predicted octanol–water partition coefficient (Wildman–Crippen LogP) is 8.78. The molecule has 1 aromatic heterocycles. The first-order valence-corrected chi connectivity index (χ1v) is 17.8. The average molecular weight is 687 g/mol. The van der Waals surface area contributed by atoms with Crippen LogP contribution < -0.4 is 10.6 Å². The number of cyclic esters (lactones) is 1. The van der Waals surface area contributed by atoms with Crippen LogP contribution in [0.3, 0.4) is 0 Å². The number of unbranched alkanes of at least 4 members (excludes halogenated alkanes) is 14. The summed E-state index contributed by atoms with van der Waals surface area (Å²) in [5.74, 6) is -3.00. The number of hydrogen-bond acceptors (Lipinski definition) is 8. The smallest absolute Gasteiger partial charge is 0.418 e. The molecule has 0 radical (unpaired) electrons. The normalized spacial score (nSPS) is 14.6. The quantitative estimate of drug-likeness (QED) is 0.0709. The van der Waals surface area contributed by atoms with Gasteiger partial charge in [0.15, 0.2) is 17.3 Å². The Balaban J connectivity index is 1.46. The van der Waals surface area contributed by atoms with Crippen molar-refractivity contribution >= 4 is 52.6 Å². The Bertz CT molecular complexity index is 1410. The second-order valence-electron chi connectivity index (χ2n) is 13.1. The molecule has 0 aliphatic carbocycles. The van der Waals surface area contributed by atoms with Crippen molar-refractivity contribution in [2.24, 2.45) is 0 Å². The zero-order chi connectivity index (χ0) is 35.1. The van der Waals surface area contributed by atoms with Crippen LogP contribution in [0.25, 0.3) is 0 Å². The number of nitrogens with one attached hydrogen (secondary N) is 2. The Morgan fingerprint density at radius 2 is 1.44 bits per heavy atom. The van der Waals surface area contributed by atoms with Crippen LogP contribution in [-0.2, 0) is 19.1 Å². The number of amides is 4. The Hall–Kier alpha value is -3.73. The molecule has 1 unspecified atom stereocenters. The summed E-state index contributed by atoms with van der Waals surface area (Å²) in [5.41, 5.74) is -1.03. The van der Waals surface area contributed by atoms with E-state index >= 15 is 0 Å². The van der Waals surface area contributed by atoms with Crippen LogP contribution in [0.4, 0.5) is 16.2 Å². The van der Waals surface area contributed by atoms with Gasteiger partial charge in [0.25, 0.3) is 11.8 Å². The molecule has 1 saturated heterocycles. The van der Waals surface area contributed by atoms with E-state index in [1.807, 2.05) is 0 Å². The molecule has 0 bridgehead atoms. The third-order valence-corrected chi connectivity index (χ3v) is 8.85. The third-order valence-electron chi connectivity index (χ3n) is 8.52. The number of nitrogens with zero attached hydrogens (tertiary/aromatic N) is 2. The molecule has 1 aliphatic rings. The average Bonchev–Trinajstić information content (AvgIpc) is 3.55. The zero-order valence-electron chi connectivity index (χ0n) is 28.8. The summed E-state index contributed by atoms with van der Waals surface area (Å²) in [5, 5.41) is 9.11. The lowest BCUT2D eigenvalue weighted by atomic mass is 10.0. The highest BCUT2D eigenvalue weighted by Crippen LogP contribution is 2.30. The molecule has 1 aliphatic heterocycles. The first-order chi connectivity index (χ1) is 23.0. The van der Waals surface area contributed by atoms with Crippen LogP contribution in [0.2, 0.25) is 5.02 Å². The topological polar surface area (TPSA) is 148 Å². The number of aryl methyl sites for hydroxylation is 1. The number of aromatic nitrogens is 1. The van der Waals surface area contributed by atoms with Crippen molar-refractivity contribution in [1.29, 1.82) is 0 Å². The molecule has 4 amide bonds. The highest BCUT2D eigenvalue weighted by atomic mass is 35.5. The molecular weight excluding hydrogens is 636 g/mol. The molecule has 0 spiro atoms. The highest BCUT2D eigenvalue weighted by molar-refractivity contribution is 6.34. The molecule has 0 saturated carbocycles. The van der Waals surface area contributed by atoms with Gasteiger partial charge < -0.3 is 19.9 Å². The highest BCUT2D eigenvalue weighted by Gasteiger charge is 2.54. The van der Waals surface area contributed by atoms with Crippen molar-refractivity contribution in [3.8, 4) is 0 Å². The maximum absolute atomic E-state index is 13.6. The lowest BCUT2D eigenvalue weighted by molar-refractivity contribution is -0.137. The van der Waals surface area contributed by atoms with E-state index in [1.54, 1.807) is 6.07 Å². The molecule has 48 heavy (non-hydrogen) atoms. The summed E-state index contributed by atoms with van der Waals surface area (Å²) >= 11 is 6.34. The molecular formula is C36H51ClN4O7. The Labute approximate surface area is 288 Å². The number of carbonyl (C=O) groups is 5. The second kappa shape index (κ2) is 19.3. The second-order valence-corrected chi connectivity index (χ2v) is 13.5. The van der Waals surface area contributed by atoms with Crippen molar-refractivity contribution in [2.75, 3.05) is 10.6 Å². The largest absolute Gasteiger partial charge is 0.433 e. The molecule has 11 nitrogen and oxygen atoms in total. The van der Waals surface area contributed by atoms with Crippen LogP contribution in [0.5, 0.6) is 0 Å². The maximum atomic E-state index is 13.6. The van der Waals surface area contributed by atoms with Gasteiger partial charge in [-0.25, -0.2) is 9.69 Å². The van der Waals surface area contributed by atoms with Crippen molar-refractivity contribution in [3.05, 3.63) is 40.7 Å². The molecule has 1 atom stereocenters. The summed E-state index contributed by atoms with van der Waals surface area (Å²) in [7, 11) is 0. The molecule has 2 heterocycles. The summed E-state index contributed by atoms with van der Waals surface area (Å²) < 4.78 is 9.96. The van der Waals surface area contributed by atoms with Gasteiger partial charge in [-0.1, -0.05) is 114 Å². The van der Waals surface area contributed by atoms with Gasteiger partial charge in [0.05, 0.1) is 10.7 Å². The molecule has 2 aromatic rings. The standard InChI is InChI=1S/C36H51ClN4O7/c1-5-6-7-8-9-10-11-12-13-14-15-16-17-18-19-20-29(42)38-26-21-22-27(37)28(23-26)39-33(44)31(32(43)30-25(2)24-47-40-30)41-34(45)36(3,4)48-35(41)46/h21-24,31H,5-20H2,1-4H3,(H,38,42)(H,39,44). The maximum Gasteiger partial charge on any atom is 0.418 e. The summed E-state index contributed by atoms with van der Waals surface area (Å²) in [6.07, 6.45) is 19.1. The van der Waals surface area contributed by atoms with Crippen molar-refractivity contribution < 1.29 is 33.2 Å². The lowest BCUT2D eigenvalue weighted by Gasteiger charge is -2.23. The number of hydrogen-bond donors (Lipinski definition) is 2. The number of halogens is 1. The van der Waals surface area contributed by atoms with Gasteiger partial charge in [-0.3, -0.25) is 19.2 Å². The van der Waals surface area contributed by atoms with Crippen molar-refractivity contribution in [1.82, 2.24) is 10.1 Å². The number of anilines is 2. The molecule has 12 heteroatoms. The fraction of sp³-hybridized carbons (Fsp3) is 0.611. The fourth-order valence-corrected chi connectivity index (χ4v) is 5.86. The van der Waals surface area contributed by atoms with E-state index in [1.165, 1.54) is 116 Å². The first-order valence-electron chi connectivity index (χ1n) is 17.4. The minimum atomic E-state index is -1.95. The van der Waals surface area contributed by atoms with Gasteiger partial charge in [-0.15, -0.1) is 0 Å². The van der Waals surface area contributed by atoms with E-state index in [9.17, 15) is 24.0 Å². The summed E-state index contributed by atoms with van der Waals surface area (Å²) in [6, 6.07) is 2.57. The number of rotatable bonds is 22. The molecule has 1 fully saturated rings. The number of ketones is 1. The number of benzene rings is 1. The minimum absolute atomic E-state index is 0.0698. The number of carbonyl (C=O) groups excluding carboxylic acids is 5. The van der Waals surface area contributed by atoms with Crippen LogP contribution >= 0.6 is 11.6 Å². The summed E-state index contributed by atoms with van der Waals surface area (Å²) in [6.45, 7) is 6.50. The SMILES string of the molecule is CCCCCCCCCCCCCCCCCC(=O)Nc1ccc(Cl)c(NC(=O)C(C(=O)c2nocc2C)N2C(=O)OC(C)(C)C2=O)c1. The Kier molecular flexibility index (Phi) is 15.6. The van der Waals surface area contributed by atoms with E-state index < -0.39 is 35.3 Å². The molecule has 2 N–H and O–H groups in total. The van der Waals surface area contributed by atoms with E-state index in [-0.39, 0.29) is 22.3 Å². The zero-order valence-corrected chi connectivity index (χ0v) is 29.6. The molecule has 3 rings (SSSR count). The van der Waals surface area contributed by atoms with Gasteiger partial charge in [-0.05, 0) is 45.4 Å². The van der Waals surface area contributed by atoms with Gasteiger partial charge >= 0.3 is 6.09 Å². The van der Waals surface area contributed by atoms with Gasteiger partial charge in [0, 0.05) is 17.7 Å². The molecule has 1 aromatic carbocycles. The van der Waals surface area contributed by atoms with Crippen LogP contribution in [-0.4, -0.2) is 51.3 Å². The number of ether oxygens (including phenoxy) is 1. The Morgan fingerprint density at radius 1 is 0.875 bits per heavy atom. The number of Topliss-reactive ketones (excluding diaryl/α,β-unsaturated/α-hetero) is 1. The monoisotopic (exact) mass is 686 g/mol. The fourth-order valence-electron chi connectivity index (χ4n) is 5.70. The van der Waals surface area contributed by atoms with Crippen LogP contribution in [0.15, 0.2) is 29.0 Å². The Morgan fingerprint density at radius 3 is 1.94 bits per heavy atom. The minimum Gasteiger partial charge on any atom is -0.433 e. The van der Waals surface area contributed by atoms with Gasteiger partial charge in [0.1, 0.15) is 6.26 Å². The predicted molar refractivity (Wildman–Crippen MR) is 185 cm³/mol. The van der Waals surface area contributed by atoms with Gasteiger partial charge in [-0.2, -0.15) is 0 Å². The lowest BCUT2D eigenvalue weighted by Crippen LogP contribution is -2.53. The van der Waals surface area contributed by atoms with Crippen LogP contribution in [0.1, 0.15) is 140 Å². The summed E-state index contributed by atoms with van der Waals surface area (Å²) in [4.78, 5) is 65.8. The van der Waals surface area contributed by atoms with Crippen LogP contribution in [0, 0.1) is 6.92 Å². The number of imide groups is 1. The van der Waals surface area contributed by atoms with Crippen molar-refractivity contribution in [2.45, 2.75) is 142 Å². The first kappa shape index (κ1) is 38.7. The van der Waals surface area contributed by atoms with E-state index in [2.05, 4.69) is 22.7 Å². The van der Waals surface area contributed by atoms with E-state index in [4.69, 9.17) is 20.9 Å². The van der Waals surface area contributed by atoms with Crippen molar-refractivity contribution in [3.63, 3.8) is 0 Å². The van der Waals surface area contributed by atoms with Gasteiger partial charge in [0.2, 0.25) is 11.7 Å². The van der Waals surface area contributed by atoms with E-state index in [0.29, 0.717) is 22.6 Å². The molecule has 264 valence electrons.